The quantitative estimate of drug-likeness (QED) is 0.428. The molecule has 5 nitrogen and oxygen atoms in total. The molecule has 3 aromatic carbocycles. The second kappa shape index (κ2) is 8.67. The Balaban J connectivity index is 1.24. The van der Waals surface area contributed by atoms with Crippen LogP contribution in [0.2, 0.25) is 0 Å². The lowest BCUT2D eigenvalue weighted by Gasteiger charge is -2.52. The average Bonchev–Trinajstić information content (AvgIpc) is 2.90. The van der Waals surface area contributed by atoms with Gasteiger partial charge in [0.05, 0.1) is 19.6 Å². The zero-order valence-electron chi connectivity index (χ0n) is 19.7. The van der Waals surface area contributed by atoms with E-state index in [9.17, 15) is 9.90 Å². The smallest absolute Gasteiger partial charge is 0.348 e. The molecule has 35 heavy (non-hydrogen) atoms. The van der Waals surface area contributed by atoms with E-state index in [1.807, 2.05) is 42.5 Å². The van der Waals surface area contributed by atoms with Gasteiger partial charge in [0.25, 0.3) is 0 Å². The minimum absolute atomic E-state index is 0.207. The van der Waals surface area contributed by atoms with Gasteiger partial charge in [-0.15, -0.1) is 0 Å². The highest BCUT2D eigenvalue weighted by Crippen LogP contribution is 2.48. The van der Waals surface area contributed by atoms with Crippen molar-refractivity contribution in [1.82, 2.24) is 0 Å². The molecule has 1 unspecified atom stereocenters. The first-order valence-electron chi connectivity index (χ1n) is 12.4. The summed E-state index contributed by atoms with van der Waals surface area (Å²) in [5, 5.41) is 11.9. The van der Waals surface area contributed by atoms with Crippen LogP contribution in [0.5, 0.6) is 11.5 Å². The molecule has 178 valence electrons. The van der Waals surface area contributed by atoms with E-state index >= 15 is 0 Å². The van der Waals surface area contributed by atoms with Crippen LogP contribution in [0.1, 0.15) is 29.5 Å². The average molecular weight is 469 g/mol. The van der Waals surface area contributed by atoms with E-state index < -0.39 is 11.6 Å². The molecule has 1 atom stereocenters. The zero-order valence-corrected chi connectivity index (χ0v) is 19.7. The molecule has 3 saturated heterocycles. The van der Waals surface area contributed by atoms with Gasteiger partial charge in [0.1, 0.15) is 18.0 Å². The van der Waals surface area contributed by atoms with E-state index in [4.69, 9.17) is 9.47 Å². The molecule has 4 aliphatic rings. The SMILES string of the molecule is O=C(OC1C[N+]2(C/C=C/c3ccccc3)CCC1CC2)C1(O)c2ccccc2Oc2ccccc21. The van der Waals surface area contributed by atoms with Gasteiger partial charge in [-0.1, -0.05) is 72.8 Å². The van der Waals surface area contributed by atoms with Gasteiger partial charge >= 0.3 is 5.97 Å². The molecule has 2 bridgehead atoms. The molecular formula is C30H30NO4+. The summed E-state index contributed by atoms with van der Waals surface area (Å²) in [6.45, 7) is 3.90. The summed E-state index contributed by atoms with van der Waals surface area (Å²) in [4.78, 5) is 13.7. The highest BCUT2D eigenvalue weighted by atomic mass is 16.6. The highest BCUT2D eigenvalue weighted by Gasteiger charge is 2.52. The Morgan fingerprint density at radius 3 is 2.20 bits per heavy atom. The number of carbonyl (C=O) groups excluding carboxylic acids is 1. The van der Waals surface area contributed by atoms with Gasteiger partial charge < -0.3 is 19.1 Å². The number of fused-ring (bicyclic) bond motifs is 5. The van der Waals surface area contributed by atoms with Crippen LogP contribution in [-0.2, 0) is 15.1 Å². The Hall–Kier alpha value is -3.41. The fourth-order valence-electron chi connectivity index (χ4n) is 6.00. The van der Waals surface area contributed by atoms with Crippen LogP contribution in [-0.4, -0.2) is 47.8 Å². The lowest BCUT2D eigenvalue weighted by Crippen LogP contribution is -2.64. The van der Waals surface area contributed by atoms with Crippen molar-refractivity contribution in [2.24, 2.45) is 5.92 Å². The van der Waals surface area contributed by atoms with E-state index in [-0.39, 0.29) is 6.10 Å². The molecule has 4 heterocycles. The van der Waals surface area contributed by atoms with Crippen molar-refractivity contribution in [2.75, 3.05) is 26.2 Å². The first-order chi connectivity index (χ1) is 17.1. The van der Waals surface area contributed by atoms with Gasteiger partial charge in [-0.25, -0.2) is 4.79 Å². The number of hydrogen-bond acceptors (Lipinski definition) is 4. The number of nitrogens with zero attached hydrogens (tertiary/aromatic N) is 1. The maximum atomic E-state index is 13.7. The highest BCUT2D eigenvalue weighted by molar-refractivity contribution is 5.88. The number of carbonyl (C=O) groups is 1. The lowest BCUT2D eigenvalue weighted by atomic mass is 9.81. The number of quaternary nitrogens is 1. The lowest BCUT2D eigenvalue weighted by molar-refractivity contribution is -0.941. The van der Waals surface area contributed by atoms with Crippen LogP contribution in [0.25, 0.3) is 6.08 Å². The molecule has 7 rings (SSSR count). The Morgan fingerprint density at radius 1 is 0.943 bits per heavy atom. The van der Waals surface area contributed by atoms with Gasteiger partial charge in [0.2, 0.25) is 5.60 Å². The third kappa shape index (κ3) is 3.85. The fraction of sp³-hybridized carbons (Fsp3) is 0.300. The van der Waals surface area contributed by atoms with E-state index in [0.717, 1.165) is 43.5 Å². The van der Waals surface area contributed by atoms with Crippen molar-refractivity contribution in [3.63, 3.8) is 0 Å². The monoisotopic (exact) mass is 468 g/mol. The molecule has 5 heteroatoms. The largest absolute Gasteiger partial charge is 0.457 e. The van der Waals surface area contributed by atoms with Crippen molar-refractivity contribution in [2.45, 2.75) is 24.5 Å². The molecule has 3 aromatic rings. The summed E-state index contributed by atoms with van der Waals surface area (Å²) in [6, 6.07) is 24.6. The van der Waals surface area contributed by atoms with Crippen LogP contribution in [0.3, 0.4) is 0 Å². The zero-order chi connectivity index (χ0) is 23.9. The Bertz CT molecular complexity index is 1210. The number of para-hydroxylation sites is 2. The van der Waals surface area contributed by atoms with Crippen LogP contribution in [0, 0.1) is 5.92 Å². The number of aliphatic hydroxyl groups is 1. The number of rotatable bonds is 5. The van der Waals surface area contributed by atoms with Crippen LogP contribution >= 0.6 is 0 Å². The van der Waals surface area contributed by atoms with Crippen LogP contribution in [0.4, 0.5) is 0 Å². The minimum atomic E-state index is -1.89. The number of hydrogen-bond donors (Lipinski definition) is 1. The Morgan fingerprint density at radius 2 is 1.54 bits per heavy atom. The molecule has 0 amide bonds. The van der Waals surface area contributed by atoms with E-state index in [1.54, 1.807) is 24.3 Å². The molecule has 0 spiro atoms. The summed E-state index contributed by atoms with van der Waals surface area (Å²) in [7, 11) is 0. The van der Waals surface area contributed by atoms with Crippen molar-refractivity contribution in [1.29, 1.82) is 0 Å². The summed E-state index contributed by atoms with van der Waals surface area (Å²) in [5.74, 6) is 0.687. The molecule has 3 fully saturated rings. The number of piperidine rings is 3. The van der Waals surface area contributed by atoms with Crippen LogP contribution < -0.4 is 4.74 Å². The van der Waals surface area contributed by atoms with Crippen molar-refractivity contribution in [3.05, 3.63) is 102 Å². The summed E-state index contributed by atoms with van der Waals surface area (Å²) >= 11 is 0. The normalized spacial score (nSPS) is 26.0. The number of ether oxygens (including phenoxy) is 2. The third-order valence-corrected chi connectivity index (χ3v) is 7.97. The Kier molecular flexibility index (Phi) is 5.47. The first-order valence-corrected chi connectivity index (χ1v) is 12.4. The predicted octanol–water partition coefficient (Wildman–Crippen LogP) is 4.89. The van der Waals surface area contributed by atoms with E-state index in [0.29, 0.717) is 28.5 Å². The molecule has 4 aliphatic heterocycles. The van der Waals surface area contributed by atoms with Gasteiger partial charge in [-0.05, 0) is 23.8 Å². The maximum Gasteiger partial charge on any atom is 0.348 e. The molecule has 0 saturated carbocycles. The third-order valence-electron chi connectivity index (χ3n) is 7.97. The van der Waals surface area contributed by atoms with E-state index in [2.05, 4.69) is 24.3 Å². The van der Waals surface area contributed by atoms with Gasteiger partial charge in [0.15, 0.2) is 6.10 Å². The van der Waals surface area contributed by atoms with Crippen molar-refractivity contribution >= 4 is 12.0 Å². The molecule has 1 N–H and O–H groups in total. The van der Waals surface area contributed by atoms with Crippen molar-refractivity contribution in [3.8, 4) is 11.5 Å². The molecular weight excluding hydrogens is 438 g/mol. The second-order valence-electron chi connectivity index (χ2n) is 10.1. The maximum absolute atomic E-state index is 13.7. The summed E-state index contributed by atoms with van der Waals surface area (Å²) < 4.78 is 13.1. The minimum Gasteiger partial charge on any atom is -0.457 e. The van der Waals surface area contributed by atoms with Gasteiger partial charge in [-0.2, -0.15) is 0 Å². The molecule has 0 radical (unpaired) electrons. The van der Waals surface area contributed by atoms with Crippen molar-refractivity contribution < 1.29 is 23.9 Å². The molecule has 0 aliphatic carbocycles. The Labute approximate surface area is 205 Å². The van der Waals surface area contributed by atoms with Gasteiger partial charge in [0, 0.05) is 29.9 Å². The number of benzene rings is 3. The number of esters is 1. The van der Waals surface area contributed by atoms with Gasteiger partial charge in [-0.3, -0.25) is 0 Å². The van der Waals surface area contributed by atoms with E-state index in [1.165, 1.54) is 5.56 Å². The van der Waals surface area contributed by atoms with Crippen LogP contribution in [0.15, 0.2) is 84.9 Å². The summed E-state index contributed by atoms with van der Waals surface area (Å²) in [5.41, 5.74) is 0.161. The first kappa shape index (κ1) is 22.1. The topological polar surface area (TPSA) is 55.8 Å². The fourth-order valence-corrected chi connectivity index (χ4v) is 6.00. The molecule has 0 aromatic heterocycles. The summed E-state index contributed by atoms with van der Waals surface area (Å²) in [6.07, 6.45) is 6.28. The second-order valence-corrected chi connectivity index (χ2v) is 10.1. The standard InChI is InChI=1S/C30H30NO4/c32-29(30(33)24-12-4-6-14-26(24)34-27-15-7-5-13-25(27)30)35-28-21-31(19-16-23(28)17-20-31)18-8-11-22-9-2-1-3-10-22/h1-15,23,28,33H,16-21H2/q+1/b11-8+. The predicted molar refractivity (Wildman–Crippen MR) is 134 cm³/mol.